The predicted molar refractivity (Wildman–Crippen MR) is 88.1 cm³/mol. The minimum absolute atomic E-state index is 0.454. The molecule has 1 N–H and O–H groups in total. The molecule has 1 heterocycles. The van der Waals surface area contributed by atoms with Crippen molar-refractivity contribution in [1.29, 1.82) is 0 Å². The fraction of sp³-hybridized carbons (Fsp3) is 1.00. The smallest absolute Gasteiger partial charge is 0.0309 e. The Morgan fingerprint density at radius 1 is 1.20 bits per heavy atom. The number of nitrogens with zero attached hydrogens (tertiary/aromatic N) is 1. The molecule has 1 atom stereocenters. The van der Waals surface area contributed by atoms with E-state index >= 15 is 0 Å². The van der Waals surface area contributed by atoms with Crippen molar-refractivity contribution in [3.05, 3.63) is 0 Å². The molecule has 1 unspecified atom stereocenters. The highest BCUT2D eigenvalue weighted by atomic mass is 15.3. The zero-order chi connectivity index (χ0) is 14.8. The van der Waals surface area contributed by atoms with Gasteiger partial charge in [-0.15, -0.1) is 0 Å². The number of piperazine rings is 1. The van der Waals surface area contributed by atoms with Gasteiger partial charge < -0.3 is 5.32 Å². The molecule has 1 aliphatic carbocycles. The summed E-state index contributed by atoms with van der Waals surface area (Å²) in [7, 11) is 0. The number of nitrogens with one attached hydrogen (secondary N) is 1. The van der Waals surface area contributed by atoms with Gasteiger partial charge in [0.1, 0.15) is 0 Å². The minimum Gasteiger partial charge on any atom is -0.308 e. The van der Waals surface area contributed by atoms with Crippen LogP contribution in [0.3, 0.4) is 0 Å². The van der Waals surface area contributed by atoms with Crippen LogP contribution >= 0.6 is 0 Å². The van der Waals surface area contributed by atoms with Crippen LogP contribution in [0.5, 0.6) is 0 Å². The van der Waals surface area contributed by atoms with Crippen molar-refractivity contribution < 1.29 is 0 Å². The van der Waals surface area contributed by atoms with Gasteiger partial charge in [-0.1, -0.05) is 47.5 Å². The van der Waals surface area contributed by atoms with Crippen LogP contribution in [0.2, 0.25) is 0 Å². The monoisotopic (exact) mass is 280 g/mol. The average Bonchev–Trinajstić information content (AvgIpc) is 2.77. The Balaban J connectivity index is 1.98. The second-order valence-electron chi connectivity index (χ2n) is 8.93. The number of rotatable bonds is 4. The lowest BCUT2D eigenvalue weighted by Crippen LogP contribution is -2.63. The van der Waals surface area contributed by atoms with E-state index in [1.54, 1.807) is 0 Å². The molecule has 0 radical (unpaired) electrons. The standard InChI is InChI=1S/C18H36N2/c1-15(2)12-16-13-19-18(8-6-7-9-18)14-20(16)11-10-17(3,4)5/h15-16,19H,6-14H2,1-5H3. The maximum absolute atomic E-state index is 3.94. The first kappa shape index (κ1) is 16.3. The van der Waals surface area contributed by atoms with Crippen molar-refractivity contribution in [1.82, 2.24) is 10.2 Å². The van der Waals surface area contributed by atoms with Crippen molar-refractivity contribution in [2.24, 2.45) is 11.3 Å². The molecule has 2 aliphatic rings. The summed E-state index contributed by atoms with van der Waals surface area (Å²) >= 11 is 0. The van der Waals surface area contributed by atoms with E-state index in [4.69, 9.17) is 0 Å². The van der Waals surface area contributed by atoms with Crippen molar-refractivity contribution in [3.8, 4) is 0 Å². The normalized spacial score (nSPS) is 27.6. The summed E-state index contributed by atoms with van der Waals surface area (Å²) in [6, 6.07) is 0.753. The predicted octanol–water partition coefficient (Wildman–Crippen LogP) is 4.06. The van der Waals surface area contributed by atoms with E-state index in [9.17, 15) is 0 Å². The first-order valence-electron chi connectivity index (χ1n) is 8.79. The summed E-state index contributed by atoms with van der Waals surface area (Å²) in [6.45, 7) is 15.6. The molecule has 0 aromatic heterocycles. The van der Waals surface area contributed by atoms with Gasteiger partial charge in [-0.2, -0.15) is 0 Å². The third-order valence-electron chi connectivity index (χ3n) is 5.19. The molecule has 2 nitrogen and oxygen atoms in total. The summed E-state index contributed by atoms with van der Waals surface area (Å²) in [6.07, 6.45) is 8.30. The minimum atomic E-state index is 0.454. The fourth-order valence-electron chi connectivity index (χ4n) is 3.94. The second kappa shape index (κ2) is 6.36. The lowest BCUT2D eigenvalue weighted by atomic mass is 9.87. The molecule has 2 heteroatoms. The van der Waals surface area contributed by atoms with Crippen LogP contribution in [0, 0.1) is 11.3 Å². The molecule has 0 amide bonds. The number of hydrogen-bond acceptors (Lipinski definition) is 2. The quantitative estimate of drug-likeness (QED) is 0.835. The van der Waals surface area contributed by atoms with Crippen LogP contribution < -0.4 is 5.32 Å². The Labute approximate surface area is 126 Å². The Morgan fingerprint density at radius 2 is 1.85 bits per heavy atom. The largest absolute Gasteiger partial charge is 0.308 e. The third kappa shape index (κ3) is 4.46. The SMILES string of the molecule is CC(C)CC1CNC2(CCCC2)CN1CCC(C)(C)C. The molecule has 1 saturated carbocycles. The van der Waals surface area contributed by atoms with Crippen molar-refractivity contribution in [3.63, 3.8) is 0 Å². The maximum Gasteiger partial charge on any atom is 0.0309 e. The highest BCUT2D eigenvalue weighted by molar-refractivity contribution is 5.01. The zero-order valence-corrected chi connectivity index (χ0v) is 14.5. The molecule has 1 spiro atoms. The Bertz CT molecular complexity index is 297. The fourth-order valence-corrected chi connectivity index (χ4v) is 3.94. The topological polar surface area (TPSA) is 15.3 Å². The first-order valence-corrected chi connectivity index (χ1v) is 8.79. The van der Waals surface area contributed by atoms with E-state index in [1.165, 1.54) is 58.2 Å². The Kier molecular flexibility index (Phi) is 5.18. The van der Waals surface area contributed by atoms with Crippen LogP contribution in [0.1, 0.15) is 73.1 Å². The molecule has 118 valence electrons. The maximum atomic E-state index is 3.94. The van der Waals surface area contributed by atoms with Gasteiger partial charge >= 0.3 is 0 Å². The van der Waals surface area contributed by atoms with Gasteiger partial charge in [0.25, 0.3) is 0 Å². The Hall–Kier alpha value is -0.0800. The zero-order valence-electron chi connectivity index (χ0n) is 14.5. The number of hydrogen-bond donors (Lipinski definition) is 1. The van der Waals surface area contributed by atoms with E-state index in [2.05, 4.69) is 44.8 Å². The first-order chi connectivity index (χ1) is 9.30. The highest BCUT2D eigenvalue weighted by Crippen LogP contribution is 2.34. The molecule has 20 heavy (non-hydrogen) atoms. The van der Waals surface area contributed by atoms with Crippen molar-refractivity contribution in [2.45, 2.75) is 84.7 Å². The summed E-state index contributed by atoms with van der Waals surface area (Å²) in [4.78, 5) is 2.83. The molecule has 2 rings (SSSR count). The average molecular weight is 280 g/mol. The summed E-state index contributed by atoms with van der Waals surface area (Å²) in [5, 5.41) is 3.94. The van der Waals surface area contributed by atoms with E-state index in [0.29, 0.717) is 11.0 Å². The lowest BCUT2D eigenvalue weighted by Gasteiger charge is -2.47. The van der Waals surface area contributed by atoms with E-state index in [-0.39, 0.29) is 0 Å². The van der Waals surface area contributed by atoms with Gasteiger partial charge in [0.15, 0.2) is 0 Å². The van der Waals surface area contributed by atoms with E-state index < -0.39 is 0 Å². The molecular formula is C18H36N2. The van der Waals surface area contributed by atoms with Crippen LogP contribution in [-0.4, -0.2) is 36.1 Å². The van der Waals surface area contributed by atoms with Crippen LogP contribution in [0.25, 0.3) is 0 Å². The highest BCUT2D eigenvalue weighted by Gasteiger charge is 2.41. The van der Waals surface area contributed by atoms with Gasteiger partial charge in [0.2, 0.25) is 0 Å². The van der Waals surface area contributed by atoms with Crippen molar-refractivity contribution >= 4 is 0 Å². The van der Waals surface area contributed by atoms with Crippen LogP contribution in [0.15, 0.2) is 0 Å². The molecule has 0 aromatic rings. The summed E-state index contributed by atoms with van der Waals surface area (Å²) < 4.78 is 0. The lowest BCUT2D eigenvalue weighted by molar-refractivity contribution is 0.0603. The Morgan fingerprint density at radius 3 is 2.40 bits per heavy atom. The van der Waals surface area contributed by atoms with Gasteiger partial charge in [-0.25, -0.2) is 0 Å². The van der Waals surface area contributed by atoms with Gasteiger partial charge in [-0.05, 0) is 43.6 Å². The van der Waals surface area contributed by atoms with Crippen LogP contribution in [-0.2, 0) is 0 Å². The van der Waals surface area contributed by atoms with E-state index in [0.717, 1.165) is 12.0 Å². The van der Waals surface area contributed by atoms with E-state index in [1.807, 2.05) is 0 Å². The molecule has 1 aliphatic heterocycles. The molecular weight excluding hydrogens is 244 g/mol. The summed E-state index contributed by atoms with van der Waals surface area (Å²) in [5.41, 5.74) is 0.918. The second-order valence-corrected chi connectivity index (χ2v) is 8.93. The van der Waals surface area contributed by atoms with Crippen molar-refractivity contribution in [2.75, 3.05) is 19.6 Å². The van der Waals surface area contributed by atoms with Gasteiger partial charge in [0, 0.05) is 24.7 Å². The molecule has 1 saturated heterocycles. The molecule has 0 aromatic carbocycles. The van der Waals surface area contributed by atoms with Crippen LogP contribution in [0.4, 0.5) is 0 Å². The van der Waals surface area contributed by atoms with Gasteiger partial charge in [-0.3, -0.25) is 4.90 Å². The molecule has 0 bridgehead atoms. The van der Waals surface area contributed by atoms with Gasteiger partial charge in [0.05, 0.1) is 0 Å². The molecule has 2 fully saturated rings. The third-order valence-corrected chi connectivity index (χ3v) is 5.19. The summed E-state index contributed by atoms with van der Waals surface area (Å²) in [5.74, 6) is 0.802.